The smallest absolute Gasteiger partial charge is 0.250 e. The number of carbonyl (C=O) groups is 2. The van der Waals surface area contributed by atoms with Crippen molar-refractivity contribution in [2.75, 3.05) is 25.0 Å². The number of fused-ring (bicyclic) bond motifs is 2. The third-order valence-corrected chi connectivity index (χ3v) is 7.63. The van der Waals surface area contributed by atoms with Crippen LogP contribution in [-0.2, 0) is 28.0 Å². The van der Waals surface area contributed by atoms with Gasteiger partial charge in [-0.25, -0.2) is 4.99 Å². The van der Waals surface area contributed by atoms with Gasteiger partial charge in [0.15, 0.2) is 0 Å². The molecule has 7 heteroatoms. The molecule has 0 saturated heterocycles. The number of amides is 2. The van der Waals surface area contributed by atoms with E-state index in [1.165, 1.54) is 11.1 Å². The predicted octanol–water partition coefficient (Wildman–Crippen LogP) is 4.43. The second kappa shape index (κ2) is 10.5. The number of amidine groups is 1. The minimum absolute atomic E-state index is 0.0166. The summed E-state index contributed by atoms with van der Waals surface area (Å²) in [5.41, 5.74) is 12.3. The standard InChI is InChI=1S/C30H37N5O2/c1-3-13-35(14-4-2)28(36)22-15-21-5-7-24(18-26(21)34-27(31)17-22)30(10-11-30)29(37)33-25-8-6-20-9-12-32-19-23(20)16-25/h5-8,15-16,18,32H,3-4,9-14,17,19H2,1-2H3,(H2,31,34)(H,33,37). The first kappa shape index (κ1) is 25.2. The third-order valence-electron chi connectivity index (χ3n) is 7.63. The fraction of sp³-hybridized carbons (Fsp3) is 0.433. The molecule has 5 rings (SSSR count). The summed E-state index contributed by atoms with van der Waals surface area (Å²) in [7, 11) is 0. The Balaban J connectivity index is 1.38. The lowest BCUT2D eigenvalue weighted by atomic mass is 9.92. The molecule has 0 atom stereocenters. The molecular weight excluding hydrogens is 462 g/mol. The summed E-state index contributed by atoms with van der Waals surface area (Å²) in [5, 5.41) is 6.56. The Morgan fingerprint density at radius 3 is 2.59 bits per heavy atom. The molecule has 37 heavy (non-hydrogen) atoms. The van der Waals surface area contributed by atoms with E-state index in [2.05, 4.69) is 41.6 Å². The van der Waals surface area contributed by atoms with Crippen LogP contribution in [0.25, 0.3) is 6.08 Å². The van der Waals surface area contributed by atoms with Crippen molar-refractivity contribution in [3.63, 3.8) is 0 Å². The highest BCUT2D eigenvalue weighted by Gasteiger charge is 2.51. The zero-order valence-electron chi connectivity index (χ0n) is 21.9. The van der Waals surface area contributed by atoms with E-state index in [-0.39, 0.29) is 11.8 Å². The highest BCUT2D eigenvalue weighted by atomic mass is 16.2. The van der Waals surface area contributed by atoms with Gasteiger partial charge >= 0.3 is 0 Å². The largest absolute Gasteiger partial charge is 0.387 e. The van der Waals surface area contributed by atoms with Gasteiger partial charge in [-0.15, -0.1) is 0 Å². The van der Waals surface area contributed by atoms with Crippen LogP contribution >= 0.6 is 0 Å². The molecule has 0 bridgehead atoms. The van der Waals surface area contributed by atoms with E-state index >= 15 is 0 Å². The van der Waals surface area contributed by atoms with Gasteiger partial charge < -0.3 is 21.3 Å². The molecule has 194 valence electrons. The molecule has 0 unspecified atom stereocenters. The van der Waals surface area contributed by atoms with Crippen molar-refractivity contribution in [1.82, 2.24) is 10.2 Å². The topological polar surface area (TPSA) is 99.8 Å². The molecule has 0 aromatic heterocycles. The monoisotopic (exact) mass is 499 g/mol. The van der Waals surface area contributed by atoms with E-state index in [4.69, 9.17) is 5.73 Å². The van der Waals surface area contributed by atoms with Crippen molar-refractivity contribution in [3.8, 4) is 0 Å². The molecule has 4 N–H and O–H groups in total. The summed E-state index contributed by atoms with van der Waals surface area (Å²) in [6.07, 6.45) is 6.68. The SMILES string of the molecule is CCCN(CCC)C(=O)C1=Cc2ccc(C3(C(=O)Nc4ccc5c(c4)CNCC5)CC3)cc2N=C(N)C1. The first-order chi connectivity index (χ1) is 17.9. The van der Waals surface area contributed by atoms with Crippen molar-refractivity contribution in [2.24, 2.45) is 10.7 Å². The first-order valence-corrected chi connectivity index (χ1v) is 13.5. The molecule has 3 aliphatic rings. The molecule has 2 aromatic rings. The second-order valence-corrected chi connectivity index (χ2v) is 10.5. The minimum atomic E-state index is -0.554. The van der Waals surface area contributed by atoms with Gasteiger partial charge in [-0.2, -0.15) is 0 Å². The van der Waals surface area contributed by atoms with Crippen LogP contribution < -0.4 is 16.4 Å². The van der Waals surface area contributed by atoms with Crippen molar-refractivity contribution < 1.29 is 9.59 Å². The van der Waals surface area contributed by atoms with Gasteiger partial charge in [0.25, 0.3) is 0 Å². The number of hydrogen-bond acceptors (Lipinski definition) is 5. The van der Waals surface area contributed by atoms with Crippen LogP contribution in [0.5, 0.6) is 0 Å². The van der Waals surface area contributed by atoms with Crippen LogP contribution in [0.4, 0.5) is 11.4 Å². The number of rotatable bonds is 8. The maximum absolute atomic E-state index is 13.5. The number of aliphatic imine (C=N–C) groups is 1. The van der Waals surface area contributed by atoms with E-state index in [0.717, 1.165) is 75.1 Å². The van der Waals surface area contributed by atoms with Gasteiger partial charge in [-0.05, 0) is 79.6 Å². The summed E-state index contributed by atoms with van der Waals surface area (Å²) in [6, 6.07) is 12.2. The van der Waals surface area contributed by atoms with Crippen LogP contribution in [-0.4, -0.2) is 42.2 Å². The van der Waals surface area contributed by atoms with E-state index < -0.39 is 5.41 Å². The van der Waals surface area contributed by atoms with Crippen molar-refractivity contribution >= 4 is 35.1 Å². The minimum Gasteiger partial charge on any atom is -0.387 e. The fourth-order valence-electron chi connectivity index (χ4n) is 5.46. The molecule has 7 nitrogen and oxygen atoms in total. The Hall–Kier alpha value is -3.45. The van der Waals surface area contributed by atoms with Gasteiger partial charge in [-0.3, -0.25) is 9.59 Å². The van der Waals surface area contributed by atoms with E-state index in [1.54, 1.807) is 0 Å². The normalized spacial score (nSPS) is 17.5. The highest BCUT2D eigenvalue weighted by molar-refractivity contribution is 6.06. The predicted molar refractivity (Wildman–Crippen MR) is 149 cm³/mol. The van der Waals surface area contributed by atoms with E-state index in [9.17, 15) is 9.59 Å². The van der Waals surface area contributed by atoms with Gasteiger partial charge in [-0.1, -0.05) is 32.0 Å². The molecular formula is C30H37N5O2. The number of benzene rings is 2. The van der Waals surface area contributed by atoms with E-state index in [1.807, 2.05) is 35.2 Å². The summed E-state index contributed by atoms with van der Waals surface area (Å²) >= 11 is 0. The van der Waals surface area contributed by atoms with Gasteiger partial charge in [0.2, 0.25) is 11.8 Å². The summed E-state index contributed by atoms with van der Waals surface area (Å²) in [4.78, 5) is 33.3. The number of hydrogen-bond donors (Lipinski definition) is 3. The lowest BCUT2D eigenvalue weighted by Crippen LogP contribution is -2.34. The van der Waals surface area contributed by atoms with Gasteiger partial charge in [0, 0.05) is 42.9 Å². The quantitative estimate of drug-likeness (QED) is 0.500. The Bertz CT molecular complexity index is 1270. The molecule has 0 radical (unpaired) electrons. The maximum atomic E-state index is 13.5. The average Bonchev–Trinajstić information content (AvgIpc) is 3.72. The number of nitrogens with one attached hydrogen (secondary N) is 2. The fourth-order valence-corrected chi connectivity index (χ4v) is 5.46. The Labute approximate surface area is 219 Å². The highest BCUT2D eigenvalue weighted by Crippen LogP contribution is 2.50. The zero-order valence-corrected chi connectivity index (χ0v) is 21.9. The van der Waals surface area contributed by atoms with Crippen molar-refractivity contribution in [1.29, 1.82) is 0 Å². The number of anilines is 1. The molecule has 2 aliphatic heterocycles. The lowest BCUT2D eigenvalue weighted by molar-refractivity contribution is -0.127. The van der Waals surface area contributed by atoms with Crippen molar-refractivity contribution in [3.05, 3.63) is 64.2 Å². The van der Waals surface area contributed by atoms with Crippen LogP contribution in [0.1, 0.15) is 68.2 Å². The molecule has 2 heterocycles. The molecule has 1 saturated carbocycles. The first-order valence-electron chi connectivity index (χ1n) is 13.5. The van der Waals surface area contributed by atoms with E-state index in [0.29, 0.717) is 23.5 Å². The summed E-state index contributed by atoms with van der Waals surface area (Å²) < 4.78 is 0. The molecule has 2 amide bonds. The summed E-state index contributed by atoms with van der Waals surface area (Å²) in [5.74, 6) is 0.459. The average molecular weight is 500 g/mol. The number of carbonyl (C=O) groups excluding carboxylic acids is 2. The van der Waals surface area contributed by atoms with Crippen molar-refractivity contribution in [2.45, 2.75) is 64.3 Å². The Morgan fingerprint density at radius 1 is 1.08 bits per heavy atom. The second-order valence-electron chi connectivity index (χ2n) is 10.5. The Morgan fingerprint density at radius 2 is 1.86 bits per heavy atom. The van der Waals surface area contributed by atoms with Crippen LogP contribution in [0, 0.1) is 0 Å². The zero-order chi connectivity index (χ0) is 26.0. The molecule has 0 spiro atoms. The van der Waals surface area contributed by atoms with Crippen LogP contribution in [0.2, 0.25) is 0 Å². The van der Waals surface area contributed by atoms with Crippen LogP contribution in [0.15, 0.2) is 47.0 Å². The van der Waals surface area contributed by atoms with Gasteiger partial charge in [0.1, 0.15) is 5.84 Å². The third kappa shape index (κ3) is 5.18. The molecule has 1 fully saturated rings. The maximum Gasteiger partial charge on any atom is 0.250 e. The lowest BCUT2D eigenvalue weighted by Gasteiger charge is -2.22. The Kier molecular flexibility index (Phi) is 7.15. The number of nitrogens with two attached hydrogens (primary N) is 1. The molecule has 2 aromatic carbocycles. The van der Waals surface area contributed by atoms with Gasteiger partial charge in [0.05, 0.1) is 11.1 Å². The summed E-state index contributed by atoms with van der Waals surface area (Å²) in [6.45, 7) is 7.44. The number of nitrogens with zero attached hydrogens (tertiary/aromatic N) is 2. The molecule has 1 aliphatic carbocycles. The van der Waals surface area contributed by atoms with Crippen LogP contribution in [0.3, 0.4) is 0 Å².